The summed E-state index contributed by atoms with van der Waals surface area (Å²) in [5.41, 5.74) is 6.59. The average Bonchev–Trinajstić information content (AvgIpc) is 3.30. The predicted molar refractivity (Wildman–Crippen MR) is 148 cm³/mol. The highest BCUT2D eigenvalue weighted by Gasteiger charge is 2.22. The number of fused-ring (bicyclic) bond motifs is 1. The molecule has 0 bridgehead atoms. The molecule has 36 heavy (non-hydrogen) atoms. The second-order valence-corrected chi connectivity index (χ2v) is 10.5. The third-order valence-electron chi connectivity index (χ3n) is 6.88. The van der Waals surface area contributed by atoms with Crippen molar-refractivity contribution in [2.45, 2.75) is 26.7 Å². The number of aromatic nitrogens is 1. The maximum atomic E-state index is 13.8. The van der Waals surface area contributed by atoms with Crippen molar-refractivity contribution in [2.75, 3.05) is 44.3 Å². The third-order valence-corrected chi connectivity index (χ3v) is 7.92. The van der Waals surface area contributed by atoms with Gasteiger partial charge in [-0.3, -0.25) is 14.6 Å². The highest BCUT2D eigenvalue weighted by molar-refractivity contribution is 7.22. The molecule has 3 aromatic carbocycles. The van der Waals surface area contributed by atoms with Crippen molar-refractivity contribution in [3.8, 4) is 0 Å². The Kier molecular flexibility index (Phi) is 7.75. The lowest BCUT2D eigenvalue weighted by molar-refractivity contribution is 0.0376. The van der Waals surface area contributed by atoms with Gasteiger partial charge in [-0.1, -0.05) is 53.8 Å². The highest BCUT2D eigenvalue weighted by Crippen LogP contribution is 2.32. The minimum Gasteiger partial charge on any atom is -0.379 e. The minimum absolute atomic E-state index is 0.00994. The van der Waals surface area contributed by atoms with E-state index >= 15 is 0 Å². The van der Waals surface area contributed by atoms with Crippen molar-refractivity contribution in [2.24, 2.45) is 0 Å². The fourth-order valence-corrected chi connectivity index (χ4v) is 5.67. The van der Waals surface area contributed by atoms with Gasteiger partial charge in [0.05, 0.1) is 23.4 Å². The molecular formula is C30H33N3O2S. The molecule has 0 saturated carbocycles. The zero-order valence-corrected chi connectivity index (χ0v) is 21.9. The van der Waals surface area contributed by atoms with E-state index in [0.717, 1.165) is 61.0 Å². The van der Waals surface area contributed by atoms with Crippen molar-refractivity contribution in [1.29, 1.82) is 0 Å². The van der Waals surface area contributed by atoms with Crippen LogP contribution in [0.3, 0.4) is 0 Å². The molecule has 0 radical (unpaired) electrons. The summed E-state index contributed by atoms with van der Waals surface area (Å²) in [6, 6.07) is 22.8. The molecule has 0 unspecified atom stereocenters. The number of anilines is 1. The Morgan fingerprint density at radius 3 is 2.42 bits per heavy atom. The van der Waals surface area contributed by atoms with E-state index in [4.69, 9.17) is 9.72 Å². The molecule has 6 heteroatoms. The van der Waals surface area contributed by atoms with Gasteiger partial charge in [-0.05, 0) is 73.2 Å². The molecule has 5 rings (SSSR count). The summed E-state index contributed by atoms with van der Waals surface area (Å²) in [6.45, 7) is 9.30. The van der Waals surface area contributed by atoms with E-state index in [9.17, 15) is 4.79 Å². The number of amides is 1. The van der Waals surface area contributed by atoms with Gasteiger partial charge in [-0.25, -0.2) is 4.98 Å². The highest BCUT2D eigenvalue weighted by atomic mass is 32.1. The van der Waals surface area contributed by atoms with Gasteiger partial charge in [0.1, 0.15) is 0 Å². The van der Waals surface area contributed by atoms with Crippen LogP contribution in [0.15, 0.2) is 66.7 Å². The topological polar surface area (TPSA) is 45.7 Å². The Balaban J connectivity index is 1.36. The molecule has 2 heterocycles. The van der Waals surface area contributed by atoms with Crippen LogP contribution >= 0.6 is 11.3 Å². The lowest BCUT2D eigenvalue weighted by Crippen LogP contribution is -2.39. The zero-order chi connectivity index (χ0) is 24.9. The Labute approximate surface area is 217 Å². The molecule has 1 aromatic heterocycles. The summed E-state index contributed by atoms with van der Waals surface area (Å²) in [6.07, 6.45) is 1.75. The summed E-state index contributed by atoms with van der Waals surface area (Å²) in [5, 5.41) is 0.773. The summed E-state index contributed by atoms with van der Waals surface area (Å²) in [4.78, 5) is 22.9. The van der Waals surface area contributed by atoms with E-state index in [0.29, 0.717) is 12.1 Å². The normalized spacial score (nSPS) is 14.3. The first kappa shape index (κ1) is 24.6. The first-order chi connectivity index (χ1) is 17.6. The number of thiazole rings is 1. The van der Waals surface area contributed by atoms with Crippen molar-refractivity contribution in [3.05, 3.63) is 94.5 Å². The molecule has 5 nitrogen and oxygen atoms in total. The molecule has 1 aliphatic rings. The maximum absolute atomic E-state index is 13.8. The summed E-state index contributed by atoms with van der Waals surface area (Å²) in [5.74, 6) is 0.00994. The van der Waals surface area contributed by atoms with Gasteiger partial charge in [0, 0.05) is 31.7 Å². The molecule has 1 fully saturated rings. The van der Waals surface area contributed by atoms with Crippen LogP contribution in [0.1, 0.15) is 39.0 Å². The Bertz CT molecular complexity index is 1270. The van der Waals surface area contributed by atoms with Crippen LogP contribution in [0.5, 0.6) is 0 Å². The number of aryl methyl sites for hydroxylation is 2. The summed E-state index contributed by atoms with van der Waals surface area (Å²) < 4.78 is 6.60. The molecular weight excluding hydrogens is 466 g/mol. The second-order valence-electron chi connectivity index (χ2n) is 9.52. The van der Waals surface area contributed by atoms with Crippen LogP contribution in [-0.4, -0.2) is 55.2 Å². The minimum atomic E-state index is 0.00994. The molecule has 4 aromatic rings. The average molecular weight is 500 g/mol. The van der Waals surface area contributed by atoms with Crippen molar-refractivity contribution >= 4 is 32.6 Å². The van der Waals surface area contributed by atoms with Crippen LogP contribution < -0.4 is 4.90 Å². The number of hydrogen-bond acceptors (Lipinski definition) is 5. The molecule has 1 saturated heterocycles. The SMILES string of the molecule is Cc1cc2nc(N(CCCN3CCOCC3)C(=O)c3ccc(Cc4ccccc4)cc3)sc2cc1C. The smallest absolute Gasteiger partial charge is 0.260 e. The van der Waals surface area contributed by atoms with E-state index < -0.39 is 0 Å². The number of hydrogen-bond donors (Lipinski definition) is 0. The number of nitrogens with zero attached hydrogens (tertiary/aromatic N) is 3. The standard InChI is InChI=1S/C30H33N3O2S/c1-22-19-27-28(20-23(22)2)36-30(31-27)33(14-6-13-32-15-17-35-18-16-32)29(34)26-11-9-25(10-12-26)21-24-7-4-3-5-8-24/h3-5,7-12,19-20H,6,13-18,21H2,1-2H3. The number of morpholine rings is 1. The van der Waals surface area contributed by atoms with Gasteiger partial charge in [-0.15, -0.1) is 0 Å². The fraction of sp³-hybridized carbons (Fsp3) is 0.333. The summed E-state index contributed by atoms with van der Waals surface area (Å²) in [7, 11) is 0. The van der Waals surface area contributed by atoms with Gasteiger partial charge in [0.15, 0.2) is 5.13 Å². The molecule has 1 amide bonds. The van der Waals surface area contributed by atoms with Crippen LogP contribution in [-0.2, 0) is 11.2 Å². The van der Waals surface area contributed by atoms with Crippen LogP contribution in [0.25, 0.3) is 10.2 Å². The number of carbonyl (C=O) groups is 1. The largest absolute Gasteiger partial charge is 0.379 e. The quantitative estimate of drug-likeness (QED) is 0.304. The number of rotatable bonds is 8. The van der Waals surface area contributed by atoms with Crippen LogP contribution in [0.4, 0.5) is 5.13 Å². The van der Waals surface area contributed by atoms with Crippen LogP contribution in [0, 0.1) is 13.8 Å². The molecule has 186 valence electrons. The predicted octanol–water partition coefficient (Wildman–Crippen LogP) is 5.87. The first-order valence-electron chi connectivity index (χ1n) is 12.7. The van der Waals surface area contributed by atoms with Gasteiger partial charge >= 0.3 is 0 Å². The van der Waals surface area contributed by atoms with E-state index in [-0.39, 0.29) is 5.91 Å². The number of carbonyl (C=O) groups excluding carboxylic acids is 1. The lowest BCUT2D eigenvalue weighted by Gasteiger charge is -2.27. The van der Waals surface area contributed by atoms with Crippen molar-refractivity contribution in [1.82, 2.24) is 9.88 Å². The molecule has 0 N–H and O–H groups in total. The summed E-state index contributed by atoms with van der Waals surface area (Å²) >= 11 is 1.60. The van der Waals surface area contributed by atoms with E-state index in [2.05, 4.69) is 67.3 Å². The Morgan fingerprint density at radius 1 is 0.972 bits per heavy atom. The fourth-order valence-electron chi connectivity index (χ4n) is 4.60. The van der Waals surface area contributed by atoms with Crippen molar-refractivity contribution in [3.63, 3.8) is 0 Å². The molecule has 0 aliphatic carbocycles. The number of benzene rings is 3. The van der Waals surface area contributed by atoms with Gasteiger partial charge in [0.2, 0.25) is 0 Å². The van der Waals surface area contributed by atoms with Gasteiger partial charge in [0.25, 0.3) is 5.91 Å². The van der Waals surface area contributed by atoms with Gasteiger partial charge in [-0.2, -0.15) is 0 Å². The Morgan fingerprint density at radius 2 is 1.67 bits per heavy atom. The van der Waals surface area contributed by atoms with Gasteiger partial charge < -0.3 is 4.74 Å². The molecule has 0 spiro atoms. The first-order valence-corrected chi connectivity index (χ1v) is 13.5. The molecule has 1 aliphatic heterocycles. The monoisotopic (exact) mass is 499 g/mol. The lowest BCUT2D eigenvalue weighted by atomic mass is 10.0. The zero-order valence-electron chi connectivity index (χ0n) is 21.1. The van der Waals surface area contributed by atoms with Crippen LogP contribution in [0.2, 0.25) is 0 Å². The van der Waals surface area contributed by atoms with Crippen molar-refractivity contribution < 1.29 is 9.53 Å². The van der Waals surface area contributed by atoms with E-state index in [1.165, 1.54) is 22.3 Å². The Hall–Kier alpha value is -3.06. The second kappa shape index (κ2) is 11.3. The third kappa shape index (κ3) is 5.84. The molecule has 0 atom stereocenters. The maximum Gasteiger partial charge on any atom is 0.260 e. The van der Waals surface area contributed by atoms with E-state index in [1.807, 2.05) is 23.1 Å². The van der Waals surface area contributed by atoms with E-state index in [1.54, 1.807) is 11.3 Å². The number of ether oxygens (including phenoxy) is 1.